The van der Waals surface area contributed by atoms with Gasteiger partial charge >= 0.3 is 0 Å². The number of thioether (sulfide) groups is 1. The lowest BCUT2D eigenvalue weighted by Gasteiger charge is -2.36. The Balaban J connectivity index is 2.27. The highest BCUT2D eigenvalue weighted by molar-refractivity contribution is 7.98. The van der Waals surface area contributed by atoms with Gasteiger partial charge in [0.05, 0.1) is 19.3 Å². The van der Waals surface area contributed by atoms with Crippen molar-refractivity contribution in [1.82, 2.24) is 9.97 Å². The molecule has 1 aromatic rings. The molecule has 4 nitrogen and oxygen atoms in total. The fourth-order valence-electron chi connectivity index (χ4n) is 1.92. The number of morpholine rings is 1. The van der Waals surface area contributed by atoms with Gasteiger partial charge in [-0.05, 0) is 12.7 Å². The molecule has 1 saturated heterocycles. The van der Waals surface area contributed by atoms with Gasteiger partial charge < -0.3 is 9.64 Å². The van der Waals surface area contributed by atoms with Crippen LogP contribution in [0.3, 0.4) is 0 Å². The highest BCUT2D eigenvalue weighted by Gasteiger charge is 2.23. The lowest BCUT2D eigenvalue weighted by Crippen LogP contribution is -2.45. The fraction of sp³-hybridized carbons (Fsp3) is 0.636. The standard InChI is InChI=1S/C11H16ClN3OS/c1-3-8-7-16-5-4-15(8)10-6-9(12)13-11(14-10)17-2/h6,8H,3-5,7H2,1-2H3. The Bertz CT molecular complexity index is 391. The van der Waals surface area contributed by atoms with Crippen molar-refractivity contribution >= 4 is 29.2 Å². The van der Waals surface area contributed by atoms with Gasteiger partial charge in [-0.3, -0.25) is 0 Å². The van der Waals surface area contributed by atoms with Gasteiger partial charge in [-0.2, -0.15) is 0 Å². The molecule has 1 atom stereocenters. The number of hydrogen-bond donors (Lipinski definition) is 0. The molecule has 0 radical (unpaired) electrons. The summed E-state index contributed by atoms with van der Waals surface area (Å²) in [5.74, 6) is 0.907. The summed E-state index contributed by atoms with van der Waals surface area (Å²) < 4.78 is 5.49. The largest absolute Gasteiger partial charge is 0.377 e. The SMILES string of the molecule is CCC1COCCN1c1cc(Cl)nc(SC)n1. The Morgan fingerprint density at radius 1 is 1.59 bits per heavy atom. The van der Waals surface area contributed by atoms with Crippen LogP contribution < -0.4 is 4.90 Å². The Morgan fingerprint density at radius 2 is 2.41 bits per heavy atom. The van der Waals surface area contributed by atoms with Gasteiger partial charge in [0.2, 0.25) is 0 Å². The van der Waals surface area contributed by atoms with Gasteiger partial charge in [0.1, 0.15) is 11.0 Å². The molecule has 0 aromatic carbocycles. The molecule has 6 heteroatoms. The van der Waals surface area contributed by atoms with Crippen molar-refractivity contribution in [1.29, 1.82) is 0 Å². The summed E-state index contributed by atoms with van der Waals surface area (Å²) in [6.07, 6.45) is 2.99. The van der Waals surface area contributed by atoms with Crippen molar-refractivity contribution in [3.05, 3.63) is 11.2 Å². The summed E-state index contributed by atoms with van der Waals surface area (Å²) in [5, 5.41) is 1.22. The molecule has 1 fully saturated rings. The molecule has 1 aliphatic heterocycles. The minimum atomic E-state index is 0.379. The normalized spacial score (nSPS) is 20.6. The second kappa shape index (κ2) is 5.89. The van der Waals surface area contributed by atoms with E-state index in [0.29, 0.717) is 16.4 Å². The van der Waals surface area contributed by atoms with Gasteiger partial charge in [-0.25, -0.2) is 9.97 Å². The van der Waals surface area contributed by atoms with E-state index in [2.05, 4.69) is 21.8 Å². The van der Waals surface area contributed by atoms with E-state index >= 15 is 0 Å². The summed E-state index contributed by atoms with van der Waals surface area (Å²) in [7, 11) is 0. The topological polar surface area (TPSA) is 38.2 Å². The van der Waals surface area contributed by atoms with Crippen LogP contribution in [-0.2, 0) is 4.74 Å². The summed E-state index contributed by atoms with van der Waals surface area (Å²) in [5.41, 5.74) is 0. The molecule has 1 unspecified atom stereocenters. The number of ether oxygens (including phenoxy) is 1. The third-order valence-electron chi connectivity index (χ3n) is 2.84. The zero-order valence-corrected chi connectivity index (χ0v) is 11.6. The Hall–Kier alpha value is -0.520. The van der Waals surface area contributed by atoms with Crippen molar-refractivity contribution in [2.75, 3.05) is 30.9 Å². The minimum Gasteiger partial charge on any atom is -0.377 e. The predicted molar refractivity (Wildman–Crippen MR) is 71.1 cm³/mol. The number of hydrogen-bond acceptors (Lipinski definition) is 5. The average Bonchev–Trinajstić information content (AvgIpc) is 2.37. The molecule has 17 heavy (non-hydrogen) atoms. The lowest BCUT2D eigenvalue weighted by molar-refractivity contribution is 0.0925. The molecule has 0 spiro atoms. The maximum atomic E-state index is 6.02. The van der Waals surface area contributed by atoms with Crippen LogP contribution in [0.1, 0.15) is 13.3 Å². The van der Waals surface area contributed by atoms with Gasteiger partial charge in [0, 0.05) is 12.6 Å². The second-order valence-corrected chi connectivity index (χ2v) is 5.03. The number of anilines is 1. The third-order valence-corrected chi connectivity index (χ3v) is 3.58. The van der Waals surface area contributed by atoms with E-state index < -0.39 is 0 Å². The van der Waals surface area contributed by atoms with Crippen LogP contribution >= 0.6 is 23.4 Å². The van der Waals surface area contributed by atoms with E-state index in [4.69, 9.17) is 16.3 Å². The van der Waals surface area contributed by atoms with E-state index in [-0.39, 0.29) is 0 Å². The van der Waals surface area contributed by atoms with E-state index in [1.54, 1.807) is 0 Å². The van der Waals surface area contributed by atoms with E-state index in [1.165, 1.54) is 11.8 Å². The first-order valence-electron chi connectivity index (χ1n) is 5.67. The smallest absolute Gasteiger partial charge is 0.190 e. The Labute approximate surface area is 111 Å². The third kappa shape index (κ3) is 3.03. The van der Waals surface area contributed by atoms with E-state index in [0.717, 1.165) is 32.0 Å². The first-order valence-corrected chi connectivity index (χ1v) is 7.27. The first-order chi connectivity index (χ1) is 8.24. The summed E-state index contributed by atoms with van der Waals surface area (Å²) in [6.45, 7) is 4.52. The van der Waals surface area contributed by atoms with Crippen molar-refractivity contribution in [3.8, 4) is 0 Å². The Kier molecular flexibility index (Phi) is 4.48. The van der Waals surface area contributed by atoms with Crippen LogP contribution in [0, 0.1) is 0 Å². The fourth-order valence-corrected chi connectivity index (χ4v) is 2.52. The van der Waals surface area contributed by atoms with Crippen LogP contribution in [0.25, 0.3) is 0 Å². The van der Waals surface area contributed by atoms with Crippen LogP contribution in [-0.4, -0.2) is 42.0 Å². The zero-order valence-electron chi connectivity index (χ0n) is 10.0. The summed E-state index contributed by atoms with van der Waals surface area (Å²) >= 11 is 7.52. The van der Waals surface area contributed by atoms with Crippen molar-refractivity contribution in [2.24, 2.45) is 0 Å². The van der Waals surface area contributed by atoms with Gasteiger partial charge in [0.15, 0.2) is 5.16 Å². The molecule has 0 aliphatic carbocycles. The molecular formula is C11H16ClN3OS. The number of halogens is 1. The number of nitrogens with zero attached hydrogens (tertiary/aromatic N) is 3. The molecule has 1 aliphatic rings. The summed E-state index contributed by atoms with van der Waals surface area (Å²) in [6, 6.07) is 2.21. The predicted octanol–water partition coefficient (Wildman–Crippen LogP) is 2.47. The number of rotatable bonds is 3. The summed E-state index contributed by atoms with van der Waals surface area (Å²) in [4.78, 5) is 10.9. The quantitative estimate of drug-likeness (QED) is 0.481. The molecule has 0 amide bonds. The van der Waals surface area contributed by atoms with Crippen LogP contribution in [0.15, 0.2) is 11.2 Å². The average molecular weight is 274 g/mol. The highest BCUT2D eigenvalue weighted by Crippen LogP contribution is 2.24. The van der Waals surface area contributed by atoms with Crippen LogP contribution in [0.4, 0.5) is 5.82 Å². The lowest BCUT2D eigenvalue weighted by atomic mass is 10.2. The van der Waals surface area contributed by atoms with Gasteiger partial charge in [-0.15, -0.1) is 0 Å². The maximum Gasteiger partial charge on any atom is 0.190 e. The van der Waals surface area contributed by atoms with Gasteiger partial charge in [0.25, 0.3) is 0 Å². The number of aromatic nitrogens is 2. The van der Waals surface area contributed by atoms with E-state index in [1.807, 2.05) is 12.3 Å². The zero-order chi connectivity index (χ0) is 12.3. The monoisotopic (exact) mass is 273 g/mol. The van der Waals surface area contributed by atoms with Gasteiger partial charge in [-0.1, -0.05) is 30.3 Å². The molecule has 1 aromatic heterocycles. The van der Waals surface area contributed by atoms with Crippen molar-refractivity contribution in [2.45, 2.75) is 24.5 Å². The van der Waals surface area contributed by atoms with E-state index in [9.17, 15) is 0 Å². The molecule has 2 rings (SSSR count). The van der Waals surface area contributed by atoms with Crippen LogP contribution in [0.2, 0.25) is 5.15 Å². The second-order valence-electron chi connectivity index (χ2n) is 3.87. The maximum absolute atomic E-state index is 6.02. The molecule has 94 valence electrons. The van der Waals surface area contributed by atoms with Crippen molar-refractivity contribution < 1.29 is 4.74 Å². The Morgan fingerprint density at radius 3 is 3.12 bits per heavy atom. The molecule has 0 bridgehead atoms. The van der Waals surface area contributed by atoms with Crippen LogP contribution in [0.5, 0.6) is 0 Å². The molecule has 2 heterocycles. The highest BCUT2D eigenvalue weighted by atomic mass is 35.5. The first kappa shape index (κ1) is 12.9. The minimum absolute atomic E-state index is 0.379. The molecule has 0 saturated carbocycles. The molecular weight excluding hydrogens is 258 g/mol. The van der Waals surface area contributed by atoms with Crippen molar-refractivity contribution in [3.63, 3.8) is 0 Å². The molecule has 0 N–H and O–H groups in total.